The predicted octanol–water partition coefficient (Wildman–Crippen LogP) is 0.478. The van der Waals surface area contributed by atoms with Crippen LogP contribution in [-0.2, 0) is 23.1 Å². The molecule has 1 N–H and O–H groups in total. The highest BCUT2D eigenvalue weighted by molar-refractivity contribution is 5.91. The summed E-state index contributed by atoms with van der Waals surface area (Å²) in [7, 11) is 1.90. The first kappa shape index (κ1) is 14.1. The van der Waals surface area contributed by atoms with Gasteiger partial charge in [-0.2, -0.15) is 5.10 Å². The van der Waals surface area contributed by atoms with Crippen LogP contribution >= 0.6 is 0 Å². The minimum Gasteiger partial charge on any atom is -0.344 e. The number of hydrogen-bond acceptors (Lipinski definition) is 3. The molecular weight excluding hydrogens is 268 g/mol. The second-order valence-corrected chi connectivity index (χ2v) is 6.16. The van der Waals surface area contributed by atoms with Gasteiger partial charge in [0.25, 0.3) is 0 Å². The van der Waals surface area contributed by atoms with Crippen molar-refractivity contribution in [1.82, 2.24) is 20.0 Å². The lowest BCUT2D eigenvalue weighted by Crippen LogP contribution is -2.48. The molecule has 1 aliphatic carbocycles. The Balaban J connectivity index is 1.72. The van der Waals surface area contributed by atoms with Crippen LogP contribution in [0.5, 0.6) is 0 Å². The maximum atomic E-state index is 12.7. The van der Waals surface area contributed by atoms with Gasteiger partial charge in [0.15, 0.2) is 0 Å². The molecule has 2 aliphatic rings. The molecule has 1 aromatic heterocycles. The van der Waals surface area contributed by atoms with Crippen molar-refractivity contribution in [3.8, 4) is 0 Å². The number of hydrogen-bond donors (Lipinski definition) is 1. The SMILES string of the molecule is CC1CC(=O)NC(C2CC2)C(=O)N1CCc1ccnn1C. The molecule has 1 saturated carbocycles. The third kappa shape index (κ3) is 2.94. The lowest BCUT2D eigenvalue weighted by atomic mass is 10.1. The summed E-state index contributed by atoms with van der Waals surface area (Å²) in [5, 5.41) is 7.06. The quantitative estimate of drug-likeness (QED) is 0.877. The monoisotopic (exact) mass is 290 g/mol. The number of nitrogens with one attached hydrogen (secondary N) is 1. The number of carbonyl (C=O) groups excluding carboxylic acids is 2. The van der Waals surface area contributed by atoms with E-state index >= 15 is 0 Å². The molecule has 2 fully saturated rings. The van der Waals surface area contributed by atoms with Crippen LogP contribution in [0.3, 0.4) is 0 Å². The lowest BCUT2D eigenvalue weighted by Gasteiger charge is -2.28. The Morgan fingerprint density at radius 1 is 1.38 bits per heavy atom. The molecule has 3 rings (SSSR count). The van der Waals surface area contributed by atoms with Gasteiger partial charge in [0.1, 0.15) is 6.04 Å². The van der Waals surface area contributed by atoms with Gasteiger partial charge in [0, 0.05) is 44.4 Å². The summed E-state index contributed by atoms with van der Waals surface area (Å²) in [5.74, 6) is 0.416. The molecule has 0 spiro atoms. The Morgan fingerprint density at radius 3 is 2.76 bits per heavy atom. The van der Waals surface area contributed by atoms with Gasteiger partial charge in [0.2, 0.25) is 11.8 Å². The Morgan fingerprint density at radius 2 is 2.14 bits per heavy atom. The van der Waals surface area contributed by atoms with Crippen LogP contribution in [0.25, 0.3) is 0 Å². The van der Waals surface area contributed by atoms with E-state index < -0.39 is 0 Å². The molecule has 2 atom stereocenters. The van der Waals surface area contributed by atoms with E-state index in [1.54, 1.807) is 6.20 Å². The fourth-order valence-electron chi connectivity index (χ4n) is 3.03. The van der Waals surface area contributed by atoms with Crippen LogP contribution in [0.4, 0.5) is 0 Å². The molecule has 0 bridgehead atoms. The van der Waals surface area contributed by atoms with Crippen molar-refractivity contribution >= 4 is 11.8 Å². The molecule has 2 heterocycles. The number of rotatable bonds is 4. The number of aromatic nitrogens is 2. The third-order valence-electron chi connectivity index (χ3n) is 4.50. The van der Waals surface area contributed by atoms with Gasteiger partial charge in [-0.3, -0.25) is 14.3 Å². The van der Waals surface area contributed by atoms with E-state index in [9.17, 15) is 9.59 Å². The number of amides is 2. The summed E-state index contributed by atoms with van der Waals surface area (Å²) in [6.07, 6.45) is 5.00. The molecule has 2 amide bonds. The summed E-state index contributed by atoms with van der Waals surface area (Å²) in [4.78, 5) is 26.5. The summed E-state index contributed by atoms with van der Waals surface area (Å²) >= 11 is 0. The van der Waals surface area contributed by atoms with Crippen molar-refractivity contribution in [3.63, 3.8) is 0 Å². The minimum absolute atomic E-state index is 0.00390. The molecule has 1 aromatic rings. The van der Waals surface area contributed by atoms with Crippen molar-refractivity contribution < 1.29 is 9.59 Å². The fraction of sp³-hybridized carbons (Fsp3) is 0.667. The number of carbonyl (C=O) groups is 2. The average molecular weight is 290 g/mol. The molecule has 114 valence electrons. The molecular formula is C15H22N4O2. The van der Waals surface area contributed by atoms with Crippen LogP contribution < -0.4 is 5.32 Å². The van der Waals surface area contributed by atoms with Crippen molar-refractivity contribution in [3.05, 3.63) is 18.0 Å². The first-order chi connectivity index (χ1) is 10.1. The topological polar surface area (TPSA) is 67.2 Å². The highest BCUT2D eigenvalue weighted by Gasteiger charge is 2.42. The first-order valence-corrected chi connectivity index (χ1v) is 7.63. The Kier molecular flexibility index (Phi) is 3.69. The fourth-order valence-corrected chi connectivity index (χ4v) is 3.03. The van der Waals surface area contributed by atoms with Gasteiger partial charge < -0.3 is 10.2 Å². The van der Waals surface area contributed by atoms with Gasteiger partial charge in [-0.15, -0.1) is 0 Å². The van der Waals surface area contributed by atoms with Crippen LogP contribution in [0.2, 0.25) is 0 Å². The van der Waals surface area contributed by atoms with Gasteiger partial charge in [-0.1, -0.05) is 0 Å². The zero-order valence-electron chi connectivity index (χ0n) is 12.6. The lowest BCUT2D eigenvalue weighted by molar-refractivity contribution is -0.135. The van der Waals surface area contributed by atoms with Crippen molar-refractivity contribution in [2.24, 2.45) is 13.0 Å². The molecule has 0 radical (unpaired) electrons. The van der Waals surface area contributed by atoms with Crippen LogP contribution in [0, 0.1) is 5.92 Å². The number of aryl methyl sites for hydroxylation is 1. The molecule has 0 aromatic carbocycles. The van der Waals surface area contributed by atoms with E-state index in [2.05, 4.69) is 10.4 Å². The smallest absolute Gasteiger partial charge is 0.245 e. The van der Waals surface area contributed by atoms with E-state index in [1.807, 2.05) is 29.6 Å². The van der Waals surface area contributed by atoms with E-state index in [0.717, 1.165) is 25.0 Å². The molecule has 21 heavy (non-hydrogen) atoms. The summed E-state index contributed by atoms with van der Waals surface area (Å²) < 4.78 is 1.83. The standard InChI is InChI=1S/C15H22N4O2/c1-10-9-13(20)17-14(11-3-4-11)15(21)19(10)8-6-12-5-7-16-18(12)2/h5,7,10-11,14H,3-4,6,8-9H2,1-2H3,(H,17,20). The van der Waals surface area contributed by atoms with Crippen molar-refractivity contribution in [2.45, 2.75) is 44.7 Å². The van der Waals surface area contributed by atoms with E-state index in [4.69, 9.17) is 0 Å². The molecule has 6 heteroatoms. The van der Waals surface area contributed by atoms with Gasteiger partial charge in [-0.25, -0.2) is 0 Å². The summed E-state index contributed by atoms with van der Waals surface area (Å²) in [6, 6.07) is 1.61. The van der Waals surface area contributed by atoms with Gasteiger partial charge in [-0.05, 0) is 31.7 Å². The van der Waals surface area contributed by atoms with Crippen LogP contribution in [-0.4, -0.2) is 45.1 Å². The van der Waals surface area contributed by atoms with E-state index in [-0.39, 0.29) is 23.9 Å². The second-order valence-electron chi connectivity index (χ2n) is 6.16. The van der Waals surface area contributed by atoms with Crippen LogP contribution in [0.15, 0.2) is 12.3 Å². The highest BCUT2D eigenvalue weighted by Crippen LogP contribution is 2.34. The van der Waals surface area contributed by atoms with Crippen LogP contribution in [0.1, 0.15) is 31.9 Å². The summed E-state index contributed by atoms with van der Waals surface area (Å²) in [5.41, 5.74) is 1.10. The van der Waals surface area contributed by atoms with E-state index in [0.29, 0.717) is 18.9 Å². The number of nitrogens with zero attached hydrogens (tertiary/aromatic N) is 3. The minimum atomic E-state index is -0.311. The molecule has 2 unspecified atom stereocenters. The zero-order valence-corrected chi connectivity index (χ0v) is 12.6. The Hall–Kier alpha value is -1.85. The predicted molar refractivity (Wildman–Crippen MR) is 77.4 cm³/mol. The Labute approximate surface area is 124 Å². The molecule has 6 nitrogen and oxygen atoms in total. The Bertz CT molecular complexity index is 550. The second kappa shape index (κ2) is 5.50. The average Bonchev–Trinajstić information content (AvgIpc) is 3.20. The van der Waals surface area contributed by atoms with Crippen molar-refractivity contribution in [1.29, 1.82) is 0 Å². The summed E-state index contributed by atoms with van der Waals surface area (Å²) in [6.45, 7) is 2.59. The van der Waals surface area contributed by atoms with Crippen molar-refractivity contribution in [2.75, 3.05) is 6.54 Å². The molecule has 1 aliphatic heterocycles. The maximum absolute atomic E-state index is 12.7. The highest BCUT2D eigenvalue weighted by atomic mass is 16.2. The zero-order chi connectivity index (χ0) is 15.0. The van der Waals surface area contributed by atoms with E-state index in [1.165, 1.54) is 0 Å². The first-order valence-electron chi connectivity index (χ1n) is 7.63. The normalized spacial score (nSPS) is 26.7. The molecule has 1 saturated heterocycles. The van der Waals surface area contributed by atoms with Gasteiger partial charge in [0.05, 0.1) is 0 Å². The largest absolute Gasteiger partial charge is 0.344 e. The van der Waals surface area contributed by atoms with Gasteiger partial charge >= 0.3 is 0 Å². The maximum Gasteiger partial charge on any atom is 0.245 e. The third-order valence-corrected chi connectivity index (χ3v) is 4.50.